The highest BCUT2D eigenvalue weighted by Gasteiger charge is 2.26. The Morgan fingerprint density at radius 3 is 1.02 bits per heavy atom. The molecule has 0 saturated carbocycles. The van der Waals surface area contributed by atoms with E-state index in [4.69, 9.17) is 0 Å². The van der Waals surface area contributed by atoms with E-state index in [0.717, 1.165) is 0 Å². The van der Waals surface area contributed by atoms with Crippen LogP contribution in [-0.4, -0.2) is 0 Å². The number of rotatable bonds is 2. The summed E-state index contributed by atoms with van der Waals surface area (Å²) in [4.78, 5) is 9.97. The molecule has 0 amide bonds. The van der Waals surface area contributed by atoms with Gasteiger partial charge in [0.25, 0.3) is 0 Å². The summed E-state index contributed by atoms with van der Waals surface area (Å²) in [7, 11) is 0. The molecule has 210 valence electrons. The van der Waals surface area contributed by atoms with Gasteiger partial charge in [-0.3, -0.25) is 0 Å². The van der Waals surface area contributed by atoms with Crippen molar-refractivity contribution in [1.29, 1.82) is 0 Å². The van der Waals surface area contributed by atoms with Crippen molar-refractivity contribution in [1.82, 2.24) is 0 Å². The van der Waals surface area contributed by atoms with Crippen molar-refractivity contribution in [2.45, 2.75) is 33.4 Å². The first-order valence-electron chi connectivity index (χ1n) is 14.9. The molecule has 4 heteroatoms. The maximum Gasteiger partial charge on any atom is 0.0601 e. The summed E-state index contributed by atoms with van der Waals surface area (Å²) in [6.45, 7) is 4.56. The van der Waals surface area contributed by atoms with Gasteiger partial charge < -0.3 is 9.80 Å². The third kappa shape index (κ3) is 3.84. The van der Waals surface area contributed by atoms with Crippen molar-refractivity contribution in [2.75, 3.05) is 9.80 Å². The first kappa shape index (κ1) is 25.8. The average molecular weight is 601 g/mol. The zero-order valence-electron chi connectivity index (χ0n) is 24.4. The van der Waals surface area contributed by atoms with E-state index < -0.39 is 0 Å². The topological polar surface area (TPSA) is 6.48 Å². The van der Waals surface area contributed by atoms with Crippen LogP contribution in [0, 0.1) is 13.8 Å². The molecule has 0 unspecified atom stereocenters. The fraction of sp³-hybridized carbons (Fsp3) is 0.0500. The molecule has 0 fully saturated rings. The number of anilines is 6. The van der Waals surface area contributed by atoms with Gasteiger partial charge in [0, 0.05) is 31.0 Å². The lowest BCUT2D eigenvalue weighted by atomic mass is 9.92. The molecule has 44 heavy (non-hydrogen) atoms. The van der Waals surface area contributed by atoms with Crippen molar-refractivity contribution in [3.8, 4) is 0 Å². The Kier molecular flexibility index (Phi) is 5.84. The van der Waals surface area contributed by atoms with Crippen LogP contribution in [0.15, 0.2) is 153 Å². The van der Waals surface area contributed by atoms with Crippen LogP contribution >= 0.6 is 23.5 Å². The van der Waals surface area contributed by atoms with Gasteiger partial charge >= 0.3 is 0 Å². The Morgan fingerprint density at radius 1 is 0.364 bits per heavy atom. The molecule has 2 aliphatic heterocycles. The van der Waals surface area contributed by atoms with Crippen LogP contribution in [-0.2, 0) is 0 Å². The number of hydrogen-bond acceptors (Lipinski definition) is 4. The molecule has 0 N–H and O–H groups in total. The first-order chi connectivity index (χ1) is 21.7. The van der Waals surface area contributed by atoms with Crippen LogP contribution < -0.4 is 9.80 Å². The number of para-hydroxylation sites is 4. The largest absolute Gasteiger partial charge is 0.308 e. The molecule has 0 aliphatic carbocycles. The smallest absolute Gasteiger partial charge is 0.0601 e. The highest BCUT2D eigenvalue weighted by Crippen LogP contribution is 2.53. The summed E-state index contributed by atoms with van der Waals surface area (Å²) >= 11 is 3.70. The highest BCUT2D eigenvalue weighted by atomic mass is 32.2. The molecule has 2 heterocycles. The zero-order valence-corrected chi connectivity index (χ0v) is 26.0. The predicted molar refractivity (Wildman–Crippen MR) is 189 cm³/mol. The molecule has 9 rings (SSSR count). The van der Waals surface area contributed by atoms with E-state index in [0.29, 0.717) is 0 Å². The molecule has 0 aromatic heterocycles. The van der Waals surface area contributed by atoms with Gasteiger partial charge in [-0.2, -0.15) is 0 Å². The Labute approximate surface area is 266 Å². The fourth-order valence-electron chi connectivity index (χ4n) is 6.87. The maximum absolute atomic E-state index is 2.42. The summed E-state index contributed by atoms with van der Waals surface area (Å²) in [5.74, 6) is 0. The molecule has 0 spiro atoms. The molecule has 2 aliphatic rings. The summed E-state index contributed by atoms with van der Waals surface area (Å²) < 4.78 is 0. The zero-order chi connectivity index (χ0) is 29.4. The van der Waals surface area contributed by atoms with Gasteiger partial charge in [-0.25, -0.2) is 0 Å². The fourth-order valence-corrected chi connectivity index (χ4v) is 8.99. The monoisotopic (exact) mass is 600 g/mol. The number of benzene rings is 7. The summed E-state index contributed by atoms with van der Waals surface area (Å²) in [6, 6.07) is 48.9. The molecule has 0 radical (unpaired) electrons. The van der Waals surface area contributed by atoms with Crippen molar-refractivity contribution < 1.29 is 0 Å². The quantitative estimate of drug-likeness (QED) is 0.182. The second-order valence-electron chi connectivity index (χ2n) is 11.5. The van der Waals surface area contributed by atoms with Gasteiger partial charge in [0.05, 0.1) is 22.7 Å². The molecule has 7 aromatic rings. The van der Waals surface area contributed by atoms with Crippen molar-refractivity contribution in [3.05, 3.63) is 145 Å². The maximum atomic E-state index is 2.42. The minimum atomic E-state index is 1.19. The second-order valence-corrected chi connectivity index (χ2v) is 13.6. The number of fused-ring (bicyclic) bond motifs is 6. The van der Waals surface area contributed by atoms with Crippen LogP contribution in [0.1, 0.15) is 11.1 Å². The normalized spacial score (nSPS) is 13.4. The Morgan fingerprint density at radius 2 is 0.682 bits per heavy atom. The Balaban J connectivity index is 1.22. The van der Waals surface area contributed by atoms with Crippen LogP contribution in [0.2, 0.25) is 0 Å². The lowest BCUT2D eigenvalue weighted by Gasteiger charge is -2.33. The SMILES string of the molecule is Cc1c2ccc(N3c4ccccc4Sc4ccccc43)cc2c(C)c2ccc(N3c4ccccc4Sc4ccccc43)cc12. The summed E-state index contributed by atoms with van der Waals surface area (Å²) in [5.41, 5.74) is 9.94. The van der Waals surface area contributed by atoms with E-state index in [-0.39, 0.29) is 0 Å². The minimum Gasteiger partial charge on any atom is -0.308 e. The van der Waals surface area contributed by atoms with Crippen molar-refractivity contribution >= 4 is 79.2 Å². The molecule has 0 atom stereocenters. The highest BCUT2D eigenvalue weighted by molar-refractivity contribution is 8.00. The van der Waals surface area contributed by atoms with E-state index >= 15 is 0 Å². The molecule has 2 nitrogen and oxygen atoms in total. The Hall–Kier alpha value is -4.64. The van der Waals surface area contributed by atoms with Crippen molar-refractivity contribution in [3.63, 3.8) is 0 Å². The van der Waals surface area contributed by atoms with Gasteiger partial charge in [0.15, 0.2) is 0 Å². The lowest BCUT2D eigenvalue weighted by molar-refractivity contribution is 1.17. The van der Waals surface area contributed by atoms with Gasteiger partial charge in [-0.15, -0.1) is 0 Å². The Bertz CT molecular complexity index is 2040. The van der Waals surface area contributed by atoms with E-state index in [1.165, 1.54) is 86.4 Å². The van der Waals surface area contributed by atoms with E-state index in [1.54, 1.807) is 0 Å². The average Bonchev–Trinajstić information content (AvgIpc) is 3.08. The van der Waals surface area contributed by atoms with E-state index in [9.17, 15) is 0 Å². The molecular weight excluding hydrogens is 573 g/mol. The number of hydrogen-bond donors (Lipinski definition) is 0. The predicted octanol–water partition coefficient (Wildman–Crippen LogP) is 12.5. The molecular formula is C40H28N2S2. The summed E-state index contributed by atoms with van der Waals surface area (Å²) in [5, 5.41) is 5.22. The lowest BCUT2D eigenvalue weighted by Crippen LogP contribution is -2.15. The van der Waals surface area contributed by atoms with Crippen LogP contribution in [0.5, 0.6) is 0 Å². The van der Waals surface area contributed by atoms with Crippen LogP contribution in [0.4, 0.5) is 34.1 Å². The van der Waals surface area contributed by atoms with E-state index in [1.807, 2.05) is 23.5 Å². The second kappa shape index (κ2) is 9.95. The molecule has 0 bridgehead atoms. The van der Waals surface area contributed by atoms with E-state index in [2.05, 4.69) is 157 Å². The van der Waals surface area contributed by atoms with Gasteiger partial charge in [0.1, 0.15) is 0 Å². The number of aryl methyl sites for hydroxylation is 2. The minimum absolute atomic E-state index is 1.19. The van der Waals surface area contributed by atoms with Gasteiger partial charge in [-0.1, -0.05) is 84.2 Å². The molecule has 7 aromatic carbocycles. The first-order valence-corrected chi connectivity index (χ1v) is 16.6. The number of nitrogens with zero attached hydrogens (tertiary/aromatic N) is 2. The third-order valence-electron chi connectivity index (χ3n) is 9.00. The molecule has 0 saturated heterocycles. The summed E-state index contributed by atoms with van der Waals surface area (Å²) in [6.07, 6.45) is 0. The van der Waals surface area contributed by atoms with Crippen LogP contribution in [0.3, 0.4) is 0 Å². The van der Waals surface area contributed by atoms with Gasteiger partial charge in [0.2, 0.25) is 0 Å². The van der Waals surface area contributed by atoms with Crippen molar-refractivity contribution in [2.24, 2.45) is 0 Å². The van der Waals surface area contributed by atoms with Gasteiger partial charge in [-0.05, 0) is 119 Å². The third-order valence-corrected chi connectivity index (χ3v) is 11.3. The van der Waals surface area contributed by atoms with Crippen LogP contribution in [0.25, 0.3) is 21.5 Å². The standard InChI is InChI=1S/C40H28N2S2/c1-25-29-21-19-28(42-35-13-5-9-17-39(35)44-40-18-10-6-14-36(40)42)24-32(29)26(2)30-22-20-27(23-31(25)30)41-33-11-3-7-15-37(33)43-38-16-8-4-12-34(38)41/h3-24H,1-2H3.